The first kappa shape index (κ1) is 20.0. The Morgan fingerprint density at radius 1 is 1.03 bits per heavy atom. The second kappa shape index (κ2) is 8.98. The normalized spacial score (nSPS) is 10.2. The third-order valence-corrected chi connectivity index (χ3v) is 4.31. The van der Waals surface area contributed by atoms with Gasteiger partial charge in [-0.3, -0.25) is 25.8 Å². The fourth-order valence-electron chi connectivity index (χ4n) is 2.52. The van der Waals surface area contributed by atoms with E-state index in [4.69, 9.17) is 16.6 Å². The predicted octanol–water partition coefficient (Wildman–Crippen LogP) is 4.05. The zero-order valence-corrected chi connectivity index (χ0v) is 16.3. The number of furan rings is 1. The Balaban J connectivity index is 1.55. The first-order valence-corrected chi connectivity index (χ1v) is 9.18. The Morgan fingerprint density at radius 3 is 2.34 bits per heavy atom. The van der Waals surface area contributed by atoms with Crippen LogP contribution in [0.25, 0.3) is 11.3 Å². The Hall–Kier alpha value is -3.72. The second-order valence-electron chi connectivity index (χ2n) is 6.05. The summed E-state index contributed by atoms with van der Waals surface area (Å²) in [5, 5.41) is 13.9. The molecule has 1 aromatic heterocycles. The van der Waals surface area contributed by atoms with E-state index in [0.29, 0.717) is 11.3 Å². The van der Waals surface area contributed by atoms with E-state index < -0.39 is 10.8 Å². The first-order valence-electron chi connectivity index (χ1n) is 8.77. The van der Waals surface area contributed by atoms with Crippen molar-refractivity contribution < 1.29 is 14.1 Å². The molecular weight excluding hydrogens is 392 g/mol. The minimum absolute atomic E-state index is 0.0205. The number of anilines is 1. The Bertz CT molecular complexity index is 1030. The van der Waals surface area contributed by atoms with Crippen molar-refractivity contribution in [2.45, 2.75) is 13.3 Å². The largest absolute Gasteiger partial charge is 0.451 e. The molecule has 0 spiro atoms. The molecule has 0 unspecified atom stereocenters. The monoisotopic (exact) mass is 410 g/mol. The van der Waals surface area contributed by atoms with Gasteiger partial charge in [-0.05, 0) is 60.6 Å². The quantitative estimate of drug-likeness (QED) is 0.331. The van der Waals surface area contributed by atoms with Crippen LogP contribution in [0.15, 0.2) is 65.1 Å². The van der Waals surface area contributed by atoms with Crippen LogP contribution in [-0.4, -0.2) is 15.9 Å². The fourth-order valence-corrected chi connectivity index (χ4v) is 2.69. The van der Waals surface area contributed by atoms with Gasteiger partial charge in [-0.15, -0.1) is 0 Å². The van der Waals surface area contributed by atoms with Gasteiger partial charge >= 0.3 is 5.91 Å². The second-order valence-corrected chi connectivity index (χ2v) is 6.46. The van der Waals surface area contributed by atoms with E-state index in [1.165, 1.54) is 23.8 Å². The lowest BCUT2D eigenvalue weighted by atomic mass is 10.1. The van der Waals surface area contributed by atoms with Gasteiger partial charge < -0.3 is 9.73 Å². The maximum Gasteiger partial charge on any atom is 0.305 e. The predicted molar refractivity (Wildman–Crippen MR) is 113 cm³/mol. The highest BCUT2D eigenvalue weighted by molar-refractivity contribution is 7.80. The number of nitro benzene ring substituents is 1. The molecular formula is C20H18N4O4S. The first-order chi connectivity index (χ1) is 14.0. The molecule has 3 N–H and O–H groups in total. The third kappa shape index (κ3) is 5.17. The maximum atomic E-state index is 12.2. The molecule has 0 bridgehead atoms. The van der Waals surface area contributed by atoms with Crippen LogP contribution in [0.4, 0.5) is 11.4 Å². The smallest absolute Gasteiger partial charge is 0.305 e. The summed E-state index contributed by atoms with van der Waals surface area (Å²) in [5.74, 6) is -0.0219. The van der Waals surface area contributed by atoms with Crippen LogP contribution < -0.4 is 16.2 Å². The lowest BCUT2D eigenvalue weighted by Crippen LogP contribution is -2.43. The van der Waals surface area contributed by atoms with Crippen LogP contribution >= 0.6 is 12.2 Å². The van der Waals surface area contributed by atoms with Crippen molar-refractivity contribution in [1.82, 2.24) is 10.9 Å². The number of hydrogen-bond acceptors (Lipinski definition) is 5. The lowest BCUT2D eigenvalue weighted by Gasteiger charge is -2.11. The number of hydrogen-bond donors (Lipinski definition) is 3. The summed E-state index contributed by atoms with van der Waals surface area (Å²) < 4.78 is 5.52. The number of non-ortho nitro benzene ring substituents is 1. The molecule has 0 fully saturated rings. The fraction of sp³-hybridized carbons (Fsp3) is 0.100. The molecule has 148 valence electrons. The number of nitro groups is 1. The van der Waals surface area contributed by atoms with E-state index in [1.807, 2.05) is 24.3 Å². The third-order valence-electron chi connectivity index (χ3n) is 4.10. The molecule has 0 saturated heterocycles. The van der Waals surface area contributed by atoms with E-state index in [-0.39, 0.29) is 16.6 Å². The molecule has 0 aliphatic carbocycles. The van der Waals surface area contributed by atoms with Crippen LogP contribution in [0.3, 0.4) is 0 Å². The number of hydrazine groups is 1. The summed E-state index contributed by atoms with van der Waals surface area (Å²) in [4.78, 5) is 22.5. The number of amides is 1. The zero-order valence-electron chi connectivity index (χ0n) is 15.5. The molecule has 3 aromatic rings. The molecule has 0 aliphatic rings. The molecule has 0 radical (unpaired) electrons. The van der Waals surface area contributed by atoms with Crippen molar-refractivity contribution in [2.75, 3.05) is 5.32 Å². The van der Waals surface area contributed by atoms with Crippen molar-refractivity contribution in [3.63, 3.8) is 0 Å². The average molecular weight is 410 g/mol. The van der Waals surface area contributed by atoms with E-state index in [0.717, 1.165) is 12.1 Å². The molecule has 1 amide bonds. The van der Waals surface area contributed by atoms with Gasteiger partial charge in [0.05, 0.1) is 4.92 Å². The molecule has 0 atom stereocenters. The van der Waals surface area contributed by atoms with Gasteiger partial charge in [0.1, 0.15) is 5.76 Å². The van der Waals surface area contributed by atoms with Gasteiger partial charge in [-0.2, -0.15) is 0 Å². The van der Waals surface area contributed by atoms with E-state index in [1.54, 1.807) is 18.2 Å². The Morgan fingerprint density at radius 2 is 1.72 bits per heavy atom. The lowest BCUT2D eigenvalue weighted by molar-refractivity contribution is -0.384. The van der Waals surface area contributed by atoms with Crippen LogP contribution in [0.5, 0.6) is 0 Å². The van der Waals surface area contributed by atoms with Crippen molar-refractivity contribution in [3.8, 4) is 11.3 Å². The minimum Gasteiger partial charge on any atom is -0.451 e. The number of aryl methyl sites for hydroxylation is 1. The highest BCUT2D eigenvalue weighted by Crippen LogP contribution is 2.24. The topological polar surface area (TPSA) is 109 Å². The van der Waals surface area contributed by atoms with Gasteiger partial charge in [-0.25, -0.2) is 0 Å². The highest BCUT2D eigenvalue weighted by atomic mass is 32.1. The molecule has 29 heavy (non-hydrogen) atoms. The van der Waals surface area contributed by atoms with Gasteiger partial charge in [0.2, 0.25) is 0 Å². The highest BCUT2D eigenvalue weighted by Gasteiger charge is 2.13. The molecule has 3 rings (SSSR count). The number of nitrogens with zero attached hydrogens (tertiary/aromatic N) is 1. The average Bonchev–Trinajstić information content (AvgIpc) is 3.23. The number of carbonyl (C=O) groups is 1. The van der Waals surface area contributed by atoms with Crippen LogP contribution in [0.2, 0.25) is 0 Å². The van der Waals surface area contributed by atoms with Gasteiger partial charge in [0, 0.05) is 23.4 Å². The SMILES string of the molecule is CCc1ccc(NC(=S)NNC(=O)c2ccc(-c3ccc([N+](=O)[O-])cc3)o2)cc1. The van der Waals surface area contributed by atoms with Crippen molar-refractivity contribution in [1.29, 1.82) is 0 Å². The van der Waals surface area contributed by atoms with Crippen LogP contribution in [0.1, 0.15) is 23.0 Å². The van der Waals surface area contributed by atoms with Crippen LogP contribution in [-0.2, 0) is 6.42 Å². The number of rotatable bonds is 5. The molecule has 1 heterocycles. The van der Waals surface area contributed by atoms with Crippen molar-refractivity contribution in [2.24, 2.45) is 0 Å². The Kier molecular flexibility index (Phi) is 6.20. The summed E-state index contributed by atoms with van der Waals surface area (Å²) in [6.45, 7) is 2.08. The summed E-state index contributed by atoms with van der Waals surface area (Å²) in [6, 6.07) is 16.8. The van der Waals surface area contributed by atoms with E-state index in [9.17, 15) is 14.9 Å². The van der Waals surface area contributed by atoms with Crippen LogP contribution in [0, 0.1) is 10.1 Å². The van der Waals surface area contributed by atoms with Gasteiger partial charge in [0.25, 0.3) is 5.69 Å². The number of nitrogens with one attached hydrogen (secondary N) is 3. The minimum atomic E-state index is -0.511. The maximum absolute atomic E-state index is 12.2. The Labute approximate surface area is 172 Å². The molecule has 8 nitrogen and oxygen atoms in total. The van der Waals surface area contributed by atoms with Gasteiger partial charge in [0.15, 0.2) is 10.9 Å². The zero-order chi connectivity index (χ0) is 20.8. The van der Waals surface area contributed by atoms with E-state index in [2.05, 4.69) is 23.1 Å². The number of benzene rings is 2. The molecule has 0 saturated carbocycles. The molecule has 0 aliphatic heterocycles. The van der Waals surface area contributed by atoms with Gasteiger partial charge in [-0.1, -0.05) is 19.1 Å². The summed E-state index contributed by atoms with van der Waals surface area (Å²) in [5.41, 5.74) is 7.68. The van der Waals surface area contributed by atoms with Crippen molar-refractivity contribution in [3.05, 3.63) is 82.1 Å². The standard InChI is InChI=1S/C20H18N4O4S/c1-2-13-3-7-15(8-4-13)21-20(29)23-22-19(25)18-12-11-17(28-18)14-5-9-16(10-6-14)24(26)27/h3-12H,2H2,1H3,(H,22,25)(H2,21,23,29). The summed E-state index contributed by atoms with van der Waals surface area (Å²) in [7, 11) is 0. The summed E-state index contributed by atoms with van der Waals surface area (Å²) in [6.07, 6.45) is 0.948. The molecule has 9 heteroatoms. The van der Waals surface area contributed by atoms with Crippen molar-refractivity contribution >= 4 is 34.6 Å². The number of thiocarbonyl (C=S) groups is 1. The number of carbonyl (C=O) groups excluding carboxylic acids is 1. The van der Waals surface area contributed by atoms with E-state index >= 15 is 0 Å². The summed E-state index contributed by atoms with van der Waals surface area (Å²) >= 11 is 5.16. The molecule has 2 aromatic carbocycles.